The third kappa shape index (κ3) is 6.99. The normalized spacial score (nSPS) is 22.0. The number of H-pyrrole nitrogens is 1. The van der Waals surface area contributed by atoms with E-state index in [1.165, 1.54) is 27.0 Å². The Kier molecular flexibility index (Phi) is 10.5. The van der Waals surface area contributed by atoms with Crippen LogP contribution in [0.3, 0.4) is 0 Å². The molecule has 1 saturated heterocycles. The minimum absolute atomic E-state index is 0.0288. The van der Waals surface area contributed by atoms with Crippen LogP contribution in [0.5, 0.6) is 0 Å². The molecule has 0 aliphatic carbocycles. The number of aromatic nitrogens is 2. The number of nitriles is 1. The molecule has 0 aromatic carbocycles. The lowest BCUT2D eigenvalue weighted by Crippen LogP contribution is -2.34. The zero-order chi connectivity index (χ0) is 25.5. The van der Waals surface area contributed by atoms with Crippen molar-refractivity contribution in [1.29, 1.82) is 5.26 Å². The van der Waals surface area contributed by atoms with Crippen molar-refractivity contribution in [3.8, 4) is 6.07 Å². The van der Waals surface area contributed by atoms with Crippen molar-refractivity contribution in [2.45, 2.75) is 64.1 Å². The number of halogens is 2. The fourth-order valence-electron chi connectivity index (χ4n) is 3.23. The van der Waals surface area contributed by atoms with Gasteiger partial charge in [0.2, 0.25) is 0 Å². The molecule has 1 aromatic heterocycles. The van der Waals surface area contributed by atoms with Crippen LogP contribution in [0.2, 0.25) is 0 Å². The van der Waals surface area contributed by atoms with Crippen LogP contribution in [0.15, 0.2) is 15.8 Å². The van der Waals surface area contributed by atoms with Crippen molar-refractivity contribution in [3.05, 3.63) is 32.6 Å². The Bertz CT molecular complexity index is 1020. The third-order valence-corrected chi connectivity index (χ3v) is 7.85. The second kappa shape index (κ2) is 12.4. The van der Waals surface area contributed by atoms with Gasteiger partial charge in [-0.15, -0.1) is 0 Å². The van der Waals surface area contributed by atoms with Gasteiger partial charge in [-0.25, -0.2) is 4.79 Å². The summed E-state index contributed by atoms with van der Waals surface area (Å²) >= 11 is 0. The monoisotopic (exact) mass is 528 g/mol. The second-order valence-electron chi connectivity index (χ2n) is 7.22. The van der Waals surface area contributed by atoms with E-state index < -0.39 is 57.9 Å². The standard InChI is InChI=1S/C18H28F2N4O8P2/c1-4-29-34(27,30-5-2)18(19,20)10-14-13(32-33(22)28-8-6-7-21)9-15(31-14)24-11-12(3)16(25)23-17(24)26/h11,13-15H,4-6,8-10,22H2,1-3H3,(H,23,25,26)/t13-,14+,15?,33?/m0/s1. The van der Waals surface area contributed by atoms with E-state index in [-0.39, 0.29) is 38.2 Å². The number of aryl methyl sites for hydroxylation is 1. The number of aromatic amines is 1. The fraction of sp³-hybridized carbons (Fsp3) is 0.722. The first kappa shape index (κ1) is 28.7. The maximum atomic E-state index is 15.1. The summed E-state index contributed by atoms with van der Waals surface area (Å²) in [7, 11) is -6.92. The molecule has 16 heteroatoms. The number of ether oxygens (including phenoxy) is 1. The third-order valence-electron chi connectivity index (χ3n) is 4.75. The molecule has 0 radical (unpaired) electrons. The van der Waals surface area contributed by atoms with E-state index in [4.69, 9.17) is 33.6 Å². The Morgan fingerprint density at radius 2 is 2.03 bits per heavy atom. The lowest BCUT2D eigenvalue weighted by atomic mass is 10.1. The Balaban J connectivity index is 2.32. The van der Waals surface area contributed by atoms with Gasteiger partial charge in [-0.1, -0.05) is 0 Å². The van der Waals surface area contributed by atoms with Crippen molar-refractivity contribution in [3.63, 3.8) is 0 Å². The molecule has 2 rings (SSSR count). The lowest BCUT2D eigenvalue weighted by molar-refractivity contribution is -0.0671. The number of nitrogens with two attached hydrogens (primary N) is 1. The number of rotatable bonds is 13. The van der Waals surface area contributed by atoms with E-state index >= 15 is 8.78 Å². The van der Waals surface area contributed by atoms with Gasteiger partial charge in [-0.2, -0.15) is 14.0 Å². The van der Waals surface area contributed by atoms with Gasteiger partial charge in [0.05, 0.1) is 50.9 Å². The summed E-state index contributed by atoms with van der Waals surface area (Å²) < 4.78 is 70.1. The smallest absolute Gasteiger partial charge is 0.352 e. The molecule has 12 nitrogen and oxygen atoms in total. The molecule has 1 fully saturated rings. The maximum Gasteiger partial charge on any atom is 0.399 e. The number of hydrogen-bond acceptors (Lipinski definition) is 10. The zero-order valence-corrected chi connectivity index (χ0v) is 20.7. The van der Waals surface area contributed by atoms with Gasteiger partial charge in [0.25, 0.3) is 14.1 Å². The Labute approximate surface area is 195 Å². The quantitative estimate of drug-likeness (QED) is 0.287. The average Bonchev–Trinajstić information content (AvgIpc) is 3.12. The van der Waals surface area contributed by atoms with Crippen molar-refractivity contribution < 1.29 is 36.2 Å². The van der Waals surface area contributed by atoms with Gasteiger partial charge < -0.3 is 22.8 Å². The molecule has 34 heavy (non-hydrogen) atoms. The molecule has 0 amide bonds. The van der Waals surface area contributed by atoms with Gasteiger partial charge in [0, 0.05) is 18.2 Å². The van der Waals surface area contributed by atoms with Crippen LogP contribution in [0.25, 0.3) is 0 Å². The van der Waals surface area contributed by atoms with Gasteiger partial charge in [0.15, 0.2) is 0 Å². The van der Waals surface area contributed by atoms with Crippen LogP contribution < -0.4 is 16.8 Å². The first-order valence-corrected chi connectivity index (χ1v) is 13.2. The first-order chi connectivity index (χ1) is 16.0. The molecular weight excluding hydrogens is 500 g/mol. The highest BCUT2D eigenvalue weighted by molar-refractivity contribution is 7.55. The van der Waals surface area contributed by atoms with E-state index in [2.05, 4.69) is 4.98 Å². The van der Waals surface area contributed by atoms with Crippen LogP contribution in [0, 0.1) is 18.3 Å². The molecule has 0 bridgehead atoms. The summed E-state index contributed by atoms with van der Waals surface area (Å²) in [6, 6.07) is 1.87. The summed E-state index contributed by atoms with van der Waals surface area (Å²) in [5.41, 5.74) is 0.655. The predicted molar refractivity (Wildman–Crippen MR) is 117 cm³/mol. The highest BCUT2D eigenvalue weighted by Gasteiger charge is 2.57. The molecule has 4 atom stereocenters. The Hall–Kier alpha value is -1.55. The summed E-state index contributed by atoms with van der Waals surface area (Å²) in [4.78, 5) is 26.1. The number of nitrogens with zero attached hydrogens (tertiary/aromatic N) is 2. The van der Waals surface area contributed by atoms with Crippen LogP contribution >= 0.6 is 16.1 Å². The summed E-state index contributed by atoms with van der Waals surface area (Å²) in [6.45, 7) is 3.70. The Morgan fingerprint density at radius 3 is 2.62 bits per heavy atom. The molecule has 3 N–H and O–H groups in total. The molecule has 1 aliphatic heterocycles. The summed E-state index contributed by atoms with van der Waals surface area (Å²) in [5, 5.41) is 8.61. The largest absolute Gasteiger partial charge is 0.399 e. The molecule has 2 heterocycles. The second-order valence-corrected chi connectivity index (χ2v) is 10.4. The highest BCUT2D eigenvalue weighted by Crippen LogP contribution is 2.64. The molecule has 192 valence electrons. The minimum Gasteiger partial charge on any atom is -0.352 e. The van der Waals surface area contributed by atoms with Crippen LogP contribution in [-0.4, -0.2) is 47.2 Å². The minimum atomic E-state index is -4.85. The Morgan fingerprint density at radius 1 is 1.38 bits per heavy atom. The van der Waals surface area contributed by atoms with Crippen molar-refractivity contribution in [1.82, 2.24) is 9.55 Å². The fourth-order valence-corrected chi connectivity index (χ4v) is 5.59. The topological polar surface area (TPSA) is 168 Å². The molecule has 1 aromatic rings. The maximum absolute atomic E-state index is 15.1. The summed E-state index contributed by atoms with van der Waals surface area (Å²) in [6.07, 6.45) is -3.51. The molecule has 0 spiro atoms. The van der Waals surface area contributed by atoms with Crippen molar-refractivity contribution in [2.75, 3.05) is 19.8 Å². The number of alkyl halides is 2. The molecule has 2 unspecified atom stereocenters. The molecular formula is C18H28F2N4O8P2. The van der Waals surface area contributed by atoms with Crippen molar-refractivity contribution in [2.24, 2.45) is 5.50 Å². The van der Waals surface area contributed by atoms with Gasteiger partial charge in [-0.3, -0.25) is 24.4 Å². The highest BCUT2D eigenvalue weighted by atomic mass is 31.2. The van der Waals surface area contributed by atoms with Crippen LogP contribution in [0.4, 0.5) is 8.78 Å². The molecule has 1 aliphatic rings. The van der Waals surface area contributed by atoms with Gasteiger partial charge in [0.1, 0.15) is 6.23 Å². The van der Waals surface area contributed by atoms with Gasteiger partial charge in [-0.05, 0) is 20.8 Å². The van der Waals surface area contributed by atoms with E-state index in [1.807, 2.05) is 6.07 Å². The van der Waals surface area contributed by atoms with E-state index in [1.54, 1.807) is 0 Å². The number of nitrogens with one attached hydrogen (secondary N) is 1. The van der Waals surface area contributed by atoms with E-state index in [0.717, 1.165) is 4.57 Å². The van der Waals surface area contributed by atoms with Gasteiger partial charge >= 0.3 is 18.9 Å². The lowest BCUT2D eigenvalue weighted by Gasteiger charge is -2.29. The molecule has 0 saturated carbocycles. The number of hydrogen-bond donors (Lipinski definition) is 2. The van der Waals surface area contributed by atoms with E-state index in [9.17, 15) is 14.2 Å². The van der Waals surface area contributed by atoms with Crippen LogP contribution in [0.1, 0.15) is 44.9 Å². The van der Waals surface area contributed by atoms with E-state index in [0.29, 0.717) is 0 Å². The summed E-state index contributed by atoms with van der Waals surface area (Å²) in [5.74, 6) is 0. The zero-order valence-electron chi connectivity index (χ0n) is 18.9. The average molecular weight is 528 g/mol. The van der Waals surface area contributed by atoms with Crippen LogP contribution in [-0.2, 0) is 27.4 Å². The SMILES string of the molecule is CCOP(=O)(OCC)C(F)(F)C[C@H]1OC(n2cc(C)c(=O)[nH]c2=O)C[C@@H]1OP(N)OCCC#N. The first-order valence-electron chi connectivity index (χ1n) is 10.4. The van der Waals surface area contributed by atoms with Crippen molar-refractivity contribution >= 4 is 16.1 Å². The predicted octanol–water partition coefficient (Wildman–Crippen LogP) is 2.88.